The highest BCUT2D eigenvalue weighted by molar-refractivity contribution is 5.92. The van der Waals surface area contributed by atoms with Gasteiger partial charge in [-0.25, -0.2) is 9.48 Å². The van der Waals surface area contributed by atoms with Crippen molar-refractivity contribution in [2.75, 3.05) is 12.4 Å². The molecule has 2 aromatic rings. The Bertz CT molecular complexity index is 763. The van der Waals surface area contributed by atoms with Crippen molar-refractivity contribution in [1.82, 2.24) is 14.3 Å². The topological polar surface area (TPSA) is 78.2 Å². The highest BCUT2D eigenvalue weighted by Gasteiger charge is 2.17. The van der Waals surface area contributed by atoms with Gasteiger partial charge in [-0.15, -0.1) is 0 Å². The van der Waals surface area contributed by atoms with E-state index in [-0.39, 0.29) is 18.1 Å². The van der Waals surface area contributed by atoms with Crippen molar-refractivity contribution in [2.24, 2.45) is 0 Å². The summed E-state index contributed by atoms with van der Waals surface area (Å²) in [4.78, 5) is 24.5. The van der Waals surface area contributed by atoms with E-state index in [2.05, 4.69) is 10.4 Å². The molecule has 1 amide bonds. The van der Waals surface area contributed by atoms with Crippen LogP contribution >= 0.6 is 0 Å². The molecule has 1 aliphatic rings. The molecule has 0 unspecified atom stereocenters. The van der Waals surface area contributed by atoms with Crippen molar-refractivity contribution in [3.63, 3.8) is 0 Å². The monoisotopic (exact) mass is 316 g/mol. The predicted molar refractivity (Wildman–Crippen MR) is 85.7 cm³/mol. The van der Waals surface area contributed by atoms with Gasteiger partial charge < -0.3 is 10.1 Å². The van der Waals surface area contributed by atoms with Crippen LogP contribution in [-0.4, -0.2) is 27.4 Å². The average Bonchev–Trinajstić information content (AvgIpc) is 2.73. The number of hydrogen-bond donors (Lipinski definition) is 1. The second-order valence-electron chi connectivity index (χ2n) is 5.57. The SMILES string of the molecule is COc1ccccc1NC(=O)Cn1nc2n(c1=O)CCCCC2. The number of carbonyl (C=O) groups excluding carboxylic acids is 1. The number of amides is 1. The Hall–Kier alpha value is -2.57. The van der Waals surface area contributed by atoms with Gasteiger partial charge in [0.25, 0.3) is 0 Å². The summed E-state index contributed by atoms with van der Waals surface area (Å²) in [6.45, 7) is 0.583. The number of hydrogen-bond acceptors (Lipinski definition) is 4. The molecule has 1 aromatic heterocycles. The zero-order valence-corrected chi connectivity index (χ0v) is 13.1. The minimum Gasteiger partial charge on any atom is -0.495 e. The van der Waals surface area contributed by atoms with Crippen LogP contribution in [0.1, 0.15) is 25.1 Å². The lowest BCUT2D eigenvalue weighted by Crippen LogP contribution is -2.30. The lowest BCUT2D eigenvalue weighted by molar-refractivity contribution is -0.117. The van der Waals surface area contributed by atoms with Crippen molar-refractivity contribution in [2.45, 2.75) is 38.8 Å². The Morgan fingerprint density at radius 2 is 2.13 bits per heavy atom. The van der Waals surface area contributed by atoms with Gasteiger partial charge in [-0.1, -0.05) is 18.6 Å². The van der Waals surface area contributed by atoms with Crippen molar-refractivity contribution in [1.29, 1.82) is 0 Å². The fourth-order valence-electron chi connectivity index (χ4n) is 2.80. The van der Waals surface area contributed by atoms with E-state index in [9.17, 15) is 9.59 Å². The number of rotatable bonds is 4. The third-order valence-electron chi connectivity index (χ3n) is 3.96. The van der Waals surface area contributed by atoms with Gasteiger partial charge in [-0.3, -0.25) is 9.36 Å². The number of anilines is 1. The largest absolute Gasteiger partial charge is 0.495 e. The highest BCUT2D eigenvalue weighted by Crippen LogP contribution is 2.22. The quantitative estimate of drug-likeness (QED) is 0.925. The summed E-state index contributed by atoms with van der Waals surface area (Å²) in [5.41, 5.74) is 0.367. The zero-order valence-electron chi connectivity index (χ0n) is 13.1. The second-order valence-corrected chi connectivity index (χ2v) is 5.57. The zero-order chi connectivity index (χ0) is 16.2. The van der Waals surface area contributed by atoms with Crippen LogP contribution in [0.5, 0.6) is 5.75 Å². The van der Waals surface area contributed by atoms with Crippen LogP contribution in [0.4, 0.5) is 5.69 Å². The standard InChI is InChI=1S/C16H20N4O3/c1-23-13-8-5-4-7-12(13)17-15(21)11-20-16(22)19-10-6-2-3-9-14(19)18-20/h4-5,7-8H,2-3,6,9-11H2,1H3,(H,17,21). The van der Waals surface area contributed by atoms with Crippen LogP contribution in [0.2, 0.25) is 0 Å². The molecular weight excluding hydrogens is 296 g/mol. The molecule has 0 bridgehead atoms. The molecule has 1 aromatic carbocycles. The van der Waals surface area contributed by atoms with E-state index >= 15 is 0 Å². The maximum absolute atomic E-state index is 12.3. The average molecular weight is 316 g/mol. The van der Waals surface area contributed by atoms with Crippen molar-refractivity contribution in [3.05, 3.63) is 40.6 Å². The molecule has 7 heteroatoms. The molecule has 1 aliphatic heterocycles. The Morgan fingerprint density at radius 1 is 1.30 bits per heavy atom. The number of aromatic nitrogens is 3. The third-order valence-corrected chi connectivity index (χ3v) is 3.96. The van der Waals surface area contributed by atoms with Crippen LogP contribution in [0.3, 0.4) is 0 Å². The molecule has 122 valence electrons. The predicted octanol–water partition coefficient (Wildman–Crippen LogP) is 1.42. The van der Waals surface area contributed by atoms with Crippen molar-refractivity contribution >= 4 is 11.6 Å². The lowest BCUT2D eigenvalue weighted by atomic mass is 10.2. The van der Waals surface area contributed by atoms with Crippen LogP contribution in [0, 0.1) is 0 Å². The van der Waals surface area contributed by atoms with Crippen LogP contribution in [0.25, 0.3) is 0 Å². The number of fused-ring (bicyclic) bond motifs is 1. The molecule has 2 heterocycles. The third kappa shape index (κ3) is 3.28. The number of nitrogens with zero attached hydrogens (tertiary/aromatic N) is 3. The first-order valence-corrected chi connectivity index (χ1v) is 7.78. The van der Waals surface area contributed by atoms with E-state index in [0.29, 0.717) is 18.0 Å². The normalized spacial score (nSPS) is 14.0. The molecule has 0 saturated heterocycles. The summed E-state index contributed by atoms with van der Waals surface area (Å²) in [7, 11) is 1.54. The summed E-state index contributed by atoms with van der Waals surface area (Å²) < 4.78 is 8.12. The first kappa shape index (κ1) is 15.3. The second kappa shape index (κ2) is 6.68. The number of nitrogens with one attached hydrogen (secondary N) is 1. The van der Waals surface area contributed by atoms with Crippen molar-refractivity contribution in [3.8, 4) is 5.75 Å². The lowest BCUT2D eigenvalue weighted by Gasteiger charge is -2.09. The van der Waals surface area contributed by atoms with Gasteiger partial charge in [0, 0.05) is 13.0 Å². The fourth-order valence-corrected chi connectivity index (χ4v) is 2.80. The molecule has 1 N–H and O–H groups in total. The summed E-state index contributed by atoms with van der Waals surface area (Å²) in [6, 6.07) is 7.15. The first-order valence-electron chi connectivity index (χ1n) is 7.78. The molecular formula is C16H20N4O3. The van der Waals surface area contributed by atoms with Gasteiger partial charge >= 0.3 is 5.69 Å². The number of para-hydroxylation sites is 2. The first-order chi connectivity index (χ1) is 11.2. The molecule has 0 fully saturated rings. The van der Waals surface area contributed by atoms with E-state index in [4.69, 9.17) is 4.74 Å². The smallest absolute Gasteiger partial charge is 0.346 e. The minimum absolute atomic E-state index is 0.100. The molecule has 0 aliphatic carbocycles. The van der Waals surface area contributed by atoms with Gasteiger partial charge in [-0.05, 0) is 25.0 Å². The Kier molecular flexibility index (Phi) is 4.45. The summed E-state index contributed by atoms with van der Waals surface area (Å²) in [5, 5.41) is 7.07. The van der Waals surface area contributed by atoms with E-state index in [1.807, 2.05) is 12.1 Å². The number of methoxy groups -OCH3 is 1. The van der Waals surface area contributed by atoms with Gasteiger partial charge in [0.2, 0.25) is 5.91 Å². The van der Waals surface area contributed by atoms with Crippen molar-refractivity contribution < 1.29 is 9.53 Å². The van der Waals surface area contributed by atoms with Crippen LogP contribution in [0.15, 0.2) is 29.1 Å². The maximum atomic E-state index is 12.3. The van der Waals surface area contributed by atoms with Gasteiger partial charge in [0.1, 0.15) is 18.1 Å². The maximum Gasteiger partial charge on any atom is 0.346 e. The van der Waals surface area contributed by atoms with Gasteiger partial charge in [0.05, 0.1) is 12.8 Å². The highest BCUT2D eigenvalue weighted by atomic mass is 16.5. The Balaban J connectivity index is 1.75. The summed E-state index contributed by atoms with van der Waals surface area (Å²) >= 11 is 0. The fraction of sp³-hybridized carbons (Fsp3) is 0.438. The number of carbonyl (C=O) groups is 1. The van der Waals surface area contributed by atoms with E-state index in [0.717, 1.165) is 31.5 Å². The number of aryl methyl sites for hydroxylation is 1. The molecule has 3 rings (SSSR count). The summed E-state index contributed by atoms with van der Waals surface area (Å²) in [6.07, 6.45) is 3.91. The Labute approximate surface area is 133 Å². The molecule has 0 spiro atoms. The molecule has 0 atom stereocenters. The van der Waals surface area contributed by atoms with Crippen LogP contribution < -0.4 is 15.7 Å². The molecule has 0 radical (unpaired) electrons. The summed E-state index contributed by atoms with van der Waals surface area (Å²) in [5.74, 6) is 1.05. The van der Waals surface area contributed by atoms with Gasteiger partial charge in [0.15, 0.2) is 0 Å². The van der Waals surface area contributed by atoms with Gasteiger partial charge in [-0.2, -0.15) is 5.10 Å². The number of benzene rings is 1. The van der Waals surface area contributed by atoms with E-state index < -0.39 is 0 Å². The van der Waals surface area contributed by atoms with Crippen LogP contribution in [-0.2, 0) is 24.3 Å². The minimum atomic E-state index is -0.301. The molecule has 0 saturated carbocycles. The van der Waals surface area contributed by atoms with E-state index in [1.54, 1.807) is 23.8 Å². The number of ether oxygens (including phenoxy) is 1. The molecule has 23 heavy (non-hydrogen) atoms. The Morgan fingerprint density at radius 3 is 2.96 bits per heavy atom. The molecule has 7 nitrogen and oxygen atoms in total. The van der Waals surface area contributed by atoms with E-state index in [1.165, 1.54) is 4.68 Å².